The van der Waals surface area contributed by atoms with Crippen molar-refractivity contribution in [1.82, 2.24) is 10.3 Å². The summed E-state index contributed by atoms with van der Waals surface area (Å²) in [5.74, 6) is 0. The lowest BCUT2D eigenvalue weighted by Gasteiger charge is -2.18. The second-order valence-electron chi connectivity index (χ2n) is 3.36. The van der Waals surface area contributed by atoms with Crippen molar-refractivity contribution in [2.45, 2.75) is 25.9 Å². The second kappa shape index (κ2) is 4.94. The van der Waals surface area contributed by atoms with Crippen LogP contribution in [0.1, 0.15) is 25.6 Å². The first-order valence-corrected chi connectivity index (χ1v) is 4.61. The number of nitrogens with two attached hydrogens (primary N) is 1. The van der Waals surface area contributed by atoms with Gasteiger partial charge in [-0.15, -0.1) is 0 Å². The molecule has 0 saturated carbocycles. The molecule has 1 unspecified atom stereocenters. The molecule has 1 aromatic heterocycles. The maximum Gasteiger partial charge on any atom is 0.0621 e. The fourth-order valence-corrected chi connectivity index (χ4v) is 1.26. The highest BCUT2D eigenvalue weighted by Crippen LogP contribution is 2.07. The van der Waals surface area contributed by atoms with E-state index in [2.05, 4.69) is 24.1 Å². The van der Waals surface area contributed by atoms with Crippen LogP contribution >= 0.6 is 0 Å². The monoisotopic (exact) mass is 179 g/mol. The van der Waals surface area contributed by atoms with Crippen LogP contribution < -0.4 is 11.1 Å². The first kappa shape index (κ1) is 10.2. The maximum atomic E-state index is 5.65. The SMILES string of the molecule is CC(C)NC(CN)c1ccccn1. The Labute approximate surface area is 79.4 Å². The number of nitrogens with zero attached hydrogens (tertiary/aromatic N) is 1. The number of hydrogen-bond acceptors (Lipinski definition) is 3. The summed E-state index contributed by atoms with van der Waals surface area (Å²) >= 11 is 0. The minimum Gasteiger partial charge on any atom is -0.329 e. The molecule has 0 saturated heterocycles. The molecule has 0 radical (unpaired) electrons. The van der Waals surface area contributed by atoms with E-state index in [0.29, 0.717) is 12.6 Å². The van der Waals surface area contributed by atoms with Gasteiger partial charge in [0.2, 0.25) is 0 Å². The molecule has 72 valence electrons. The van der Waals surface area contributed by atoms with Gasteiger partial charge in [0.15, 0.2) is 0 Å². The Morgan fingerprint density at radius 1 is 1.46 bits per heavy atom. The minimum atomic E-state index is 0.168. The van der Waals surface area contributed by atoms with Crippen LogP contribution in [-0.2, 0) is 0 Å². The molecule has 0 spiro atoms. The van der Waals surface area contributed by atoms with E-state index >= 15 is 0 Å². The predicted octanol–water partition coefficient (Wildman–Crippen LogP) is 1.08. The zero-order valence-corrected chi connectivity index (χ0v) is 8.20. The highest BCUT2D eigenvalue weighted by Gasteiger charge is 2.10. The molecule has 0 amide bonds. The molecule has 3 nitrogen and oxygen atoms in total. The molecule has 13 heavy (non-hydrogen) atoms. The summed E-state index contributed by atoms with van der Waals surface area (Å²) in [6, 6.07) is 6.48. The van der Waals surface area contributed by atoms with Crippen LogP contribution in [0.4, 0.5) is 0 Å². The van der Waals surface area contributed by atoms with E-state index in [1.807, 2.05) is 18.2 Å². The molecule has 0 aliphatic rings. The molecule has 0 aromatic carbocycles. The van der Waals surface area contributed by atoms with Crippen molar-refractivity contribution in [3.8, 4) is 0 Å². The lowest BCUT2D eigenvalue weighted by molar-refractivity contribution is 0.475. The first-order chi connectivity index (χ1) is 6.24. The van der Waals surface area contributed by atoms with Gasteiger partial charge in [0.25, 0.3) is 0 Å². The van der Waals surface area contributed by atoms with Crippen LogP contribution in [0.5, 0.6) is 0 Å². The Hall–Kier alpha value is -0.930. The lowest BCUT2D eigenvalue weighted by Crippen LogP contribution is -2.33. The molecule has 1 rings (SSSR count). The van der Waals surface area contributed by atoms with E-state index in [9.17, 15) is 0 Å². The second-order valence-corrected chi connectivity index (χ2v) is 3.36. The van der Waals surface area contributed by atoms with Gasteiger partial charge in [0.05, 0.1) is 11.7 Å². The van der Waals surface area contributed by atoms with E-state index in [4.69, 9.17) is 5.73 Å². The number of pyridine rings is 1. The zero-order valence-electron chi connectivity index (χ0n) is 8.20. The summed E-state index contributed by atoms with van der Waals surface area (Å²) < 4.78 is 0. The topological polar surface area (TPSA) is 50.9 Å². The van der Waals surface area contributed by atoms with E-state index in [-0.39, 0.29) is 6.04 Å². The summed E-state index contributed by atoms with van der Waals surface area (Å²) in [6.07, 6.45) is 1.79. The van der Waals surface area contributed by atoms with Crippen molar-refractivity contribution < 1.29 is 0 Å². The summed E-state index contributed by atoms with van der Waals surface area (Å²) in [5.41, 5.74) is 6.66. The third kappa shape index (κ3) is 3.13. The Morgan fingerprint density at radius 3 is 2.69 bits per heavy atom. The van der Waals surface area contributed by atoms with Crippen molar-refractivity contribution in [2.24, 2.45) is 5.73 Å². The molecule has 0 bridgehead atoms. The smallest absolute Gasteiger partial charge is 0.0621 e. The predicted molar refractivity (Wildman–Crippen MR) is 54.3 cm³/mol. The van der Waals surface area contributed by atoms with Gasteiger partial charge in [-0.3, -0.25) is 4.98 Å². The fraction of sp³-hybridized carbons (Fsp3) is 0.500. The molecule has 0 fully saturated rings. The average molecular weight is 179 g/mol. The van der Waals surface area contributed by atoms with Gasteiger partial charge in [-0.2, -0.15) is 0 Å². The van der Waals surface area contributed by atoms with Gasteiger partial charge in [-0.1, -0.05) is 19.9 Å². The number of aromatic nitrogens is 1. The van der Waals surface area contributed by atoms with E-state index < -0.39 is 0 Å². The first-order valence-electron chi connectivity index (χ1n) is 4.61. The molecule has 3 N–H and O–H groups in total. The molecule has 0 aliphatic heterocycles. The van der Waals surface area contributed by atoms with E-state index in [1.54, 1.807) is 6.20 Å². The van der Waals surface area contributed by atoms with Crippen LogP contribution in [0.3, 0.4) is 0 Å². The van der Waals surface area contributed by atoms with Crippen molar-refractivity contribution in [3.05, 3.63) is 30.1 Å². The minimum absolute atomic E-state index is 0.168. The zero-order chi connectivity index (χ0) is 9.68. The van der Waals surface area contributed by atoms with Crippen LogP contribution in [0.15, 0.2) is 24.4 Å². The van der Waals surface area contributed by atoms with Crippen molar-refractivity contribution >= 4 is 0 Å². The van der Waals surface area contributed by atoms with Crippen molar-refractivity contribution in [2.75, 3.05) is 6.54 Å². The number of hydrogen-bond donors (Lipinski definition) is 2. The van der Waals surface area contributed by atoms with Gasteiger partial charge >= 0.3 is 0 Å². The Bertz CT molecular complexity index is 233. The molecule has 0 aliphatic carbocycles. The van der Waals surface area contributed by atoms with Gasteiger partial charge in [-0.25, -0.2) is 0 Å². The van der Waals surface area contributed by atoms with Crippen LogP contribution in [-0.4, -0.2) is 17.6 Å². The van der Waals surface area contributed by atoms with Crippen LogP contribution in [0.25, 0.3) is 0 Å². The molecule has 1 aromatic rings. The summed E-state index contributed by atoms with van der Waals surface area (Å²) in [7, 11) is 0. The third-order valence-electron chi connectivity index (χ3n) is 1.82. The Kier molecular flexibility index (Phi) is 3.86. The third-order valence-corrected chi connectivity index (χ3v) is 1.82. The molecule has 1 heterocycles. The van der Waals surface area contributed by atoms with Crippen molar-refractivity contribution in [1.29, 1.82) is 0 Å². The average Bonchev–Trinajstić information content (AvgIpc) is 2.15. The number of nitrogens with one attached hydrogen (secondary N) is 1. The summed E-state index contributed by atoms with van der Waals surface area (Å²) in [6.45, 7) is 4.78. The largest absolute Gasteiger partial charge is 0.329 e. The van der Waals surface area contributed by atoms with Gasteiger partial charge in [-0.05, 0) is 12.1 Å². The molecular weight excluding hydrogens is 162 g/mol. The van der Waals surface area contributed by atoms with Gasteiger partial charge in [0.1, 0.15) is 0 Å². The number of rotatable bonds is 4. The quantitative estimate of drug-likeness (QED) is 0.727. The fourth-order valence-electron chi connectivity index (χ4n) is 1.26. The molecule has 1 atom stereocenters. The van der Waals surface area contributed by atoms with E-state index in [1.165, 1.54) is 0 Å². The van der Waals surface area contributed by atoms with Crippen molar-refractivity contribution in [3.63, 3.8) is 0 Å². The Balaban J connectivity index is 2.67. The normalized spacial score (nSPS) is 13.2. The highest BCUT2D eigenvalue weighted by molar-refractivity contribution is 5.09. The summed E-state index contributed by atoms with van der Waals surface area (Å²) in [4.78, 5) is 4.26. The maximum absolute atomic E-state index is 5.65. The van der Waals surface area contributed by atoms with Crippen LogP contribution in [0, 0.1) is 0 Å². The standard InChI is InChI=1S/C10H17N3/c1-8(2)13-10(7-11)9-5-3-4-6-12-9/h3-6,8,10,13H,7,11H2,1-2H3. The van der Waals surface area contributed by atoms with Crippen LogP contribution in [0.2, 0.25) is 0 Å². The van der Waals surface area contributed by atoms with Gasteiger partial charge < -0.3 is 11.1 Å². The molecule has 3 heteroatoms. The van der Waals surface area contributed by atoms with Gasteiger partial charge in [0, 0.05) is 18.8 Å². The highest BCUT2D eigenvalue weighted by atomic mass is 15.0. The Morgan fingerprint density at radius 2 is 2.23 bits per heavy atom. The lowest BCUT2D eigenvalue weighted by atomic mass is 10.1. The van der Waals surface area contributed by atoms with E-state index in [0.717, 1.165) is 5.69 Å². The molecular formula is C10H17N3. The summed E-state index contributed by atoms with van der Waals surface area (Å²) in [5, 5.41) is 3.36.